The zero-order valence-electron chi connectivity index (χ0n) is 11.5. The maximum atomic E-state index is 12.6. The third-order valence-electron chi connectivity index (χ3n) is 3.55. The number of hydrogen-bond acceptors (Lipinski definition) is 2. The zero-order chi connectivity index (χ0) is 14.1. The number of fused-ring (bicyclic) bond motifs is 1. The third kappa shape index (κ3) is 2.09. The van der Waals surface area contributed by atoms with Crippen molar-refractivity contribution in [1.82, 2.24) is 9.88 Å². The summed E-state index contributed by atoms with van der Waals surface area (Å²) in [5.41, 5.74) is 2.72. The van der Waals surface area contributed by atoms with Crippen LogP contribution in [0.3, 0.4) is 0 Å². The van der Waals surface area contributed by atoms with E-state index in [4.69, 9.17) is 4.42 Å². The predicted octanol–water partition coefficient (Wildman–Crippen LogP) is 3.34. The number of nitrogens with zero attached hydrogens (tertiary/aromatic N) is 1. The quantitative estimate of drug-likeness (QED) is 0.792. The molecule has 102 valence electrons. The van der Waals surface area contributed by atoms with Crippen molar-refractivity contribution in [3.63, 3.8) is 0 Å². The van der Waals surface area contributed by atoms with Crippen LogP contribution >= 0.6 is 0 Å². The van der Waals surface area contributed by atoms with E-state index in [1.54, 1.807) is 18.2 Å². The lowest BCUT2D eigenvalue weighted by atomic mass is 10.1. The highest BCUT2D eigenvalue weighted by atomic mass is 16.3. The Bertz CT molecular complexity index is 755. The third-order valence-corrected chi connectivity index (χ3v) is 3.55. The molecule has 1 aromatic carbocycles. The van der Waals surface area contributed by atoms with Gasteiger partial charge in [0, 0.05) is 41.8 Å². The number of furan rings is 1. The van der Waals surface area contributed by atoms with Gasteiger partial charge < -0.3 is 14.3 Å². The maximum Gasteiger partial charge on any atom is 0.254 e. The van der Waals surface area contributed by atoms with E-state index in [-0.39, 0.29) is 5.91 Å². The Labute approximate surface area is 117 Å². The molecule has 2 aromatic heterocycles. The predicted molar refractivity (Wildman–Crippen MR) is 77.5 cm³/mol. The molecule has 0 bridgehead atoms. The molecule has 4 heteroatoms. The molecule has 0 saturated heterocycles. The topological polar surface area (TPSA) is 49.2 Å². The van der Waals surface area contributed by atoms with E-state index in [1.807, 2.05) is 43.5 Å². The zero-order valence-corrected chi connectivity index (χ0v) is 11.5. The van der Waals surface area contributed by atoms with Gasteiger partial charge in [-0.25, -0.2) is 0 Å². The summed E-state index contributed by atoms with van der Waals surface area (Å²) in [5, 5.41) is 0.952. The smallest absolute Gasteiger partial charge is 0.254 e. The molecule has 0 spiro atoms. The van der Waals surface area contributed by atoms with Gasteiger partial charge >= 0.3 is 0 Å². The van der Waals surface area contributed by atoms with Crippen molar-refractivity contribution >= 4 is 16.8 Å². The van der Waals surface area contributed by atoms with Gasteiger partial charge in [0.15, 0.2) is 0 Å². The molecule has 0 saturated carbocycles. The molecule has 0 fully saturated rings. The first-order valence-electron chi connectivity index (χ1n) is 6.51. The largest absolute Gasteiger partial charge is 0.469 e. The van der Waals surface area contributed by atoms with Crippen LogP contribution in [0.5, 0.6) is 0 Å². The summed E-state index contributed by atoms with van der Waals surface area (Å²) >= 11 is 0. The van der Waals surface area contributed by atoms with Gasteiger partial charge in [-0.2, -0.15) is 0 Å². The normalized spacial score (nSPS) is 10.9. The van der Waals surface area contributed by atoms with Crippen LogP contribution in [-0.2, 0) is 6.54 Å². The Morgan fingerprint density at radius 2 is 2.15 bits per heavy atom. The van der Waals surface area contributed by atoms with Crippen LogP contribution in [0.2, 0.25) is 0 Å². The monoisotopic (exact) mass is 268 g/mol. The van der Waals surface area contributed by atoms with Gasteiger partial charge in [-0.15, -0.1) is 0 Å². The summed E-state index contributed by atoms with van der Waals surface area (Å²) < 4.78 is 5.27. The van der Waals surface area contributed by atoms with Crippen molar-refractivity contribution in [3.05, 3.63) is 59.7 Å². The van der Waals surface area contributed by atoms with Crippen LogP contribution in [0.15, 0.2) is 47.2 Å². The van der Waals surface area contributed by atoms with Crippen molar-refractivity contribution in [2.45, 2.75) is 13.5 Å². The highest BCUT2D eigenvalue weighted by molar-refractivity contribution is 6.06. The van der Waals surface area contributed by atoms with Crippen molar-refractivity contribution in [2.24, 2.45) is 0 Å². The molecular weight excluding hydrogens is 252 g/mol. The van der Waals surface area contributed by atoms with E-state index < -0.39 is 0 Å². The molecule has 1 amide bonds. The number of aryl methyl sites for hydroxylation is 1. The first-order valence-corrected chi connectivity index (χ1v) is 6.51. The highest BCUT2D eigenvalue weighted by Crippen LogP contribution is 2.20. The van der Waals surface area contributed by atoms with Crippen molar-refractivity contribution in [2.75, 3.05) is 7.05 Å². The second-order valence-corrected chi connectivity index (χ2v) is 4.91. The molecule has 0 aliphatic rings. The number of hydrogen-bond donors (Lipinski definition) is 1. The fraction of sp³-hybridized carbons (Fsp3) is 0.188. The van der Waals surface area contributed by atoms with Gasteiger partial charge in [-0.1, -0.05) is 6.07 Å². The molecule has 4 nitrogen and oxygen atoms in total. The van der Waals surface area contributed by atoms with E-state index in [2.05, 4.69) is 4.98 Å². The summed E-state index contributed by atoms with van der Waals surface area (Å²) in [4.78, 5) is 17.4. The number of carbonyl (C=O) groups is 1. The number of amides is 1. The van der Waals surface area contributed by atoms with Crippen molar-refractivity contribution in [3.8, 4) is 0 Å². The van der Waals surface area contributed by atoms with Gasteiger partial charge in [0.25, 0.3) is 5.91 Å². The SMILES string of the molecule is Cc1occc1CN(C)C(=O)c1cccc2[nH]ccc12. The van der Waals surface area contributed by atoms with E-state index in [1.165, 1.54) is 0 Å². The van der Waals surface area contributed by atoms with Gasteiger partial charge in [-0.05, 0) is 31.2 Å². The van der Waals surface area contributed by atoms with E-state index in [0.29, 0.717) is 12.1 Å². The number of aromatic nitrogens is 1. The van der Waals surface area contributed by atoms with E-state index >= 15 is 0 Å². The Morgan fingerprint density at radius 1 is 1.30 bits per heavy atom. The first-order chi connectivity index (χ1) is 9.66. The second kappa shape index (κ2) is 4.89. The minimum atomic E-state index is 0.0100. The number of benzene rings is 1. The highest BCUT2D eigenvalue weighted by Gasteiger charge is 2.16. The van der Waals surface area contributed by atoms with Gasteiger partial charge in [0.1, 0.15) is 5.76 Å². The Morgan fingerprint density at radius 3 is 2.90 bits per heavy atom. The Hall–Kier alpha value is -2.49. The van der Waals surface area contributed by atoms with Crippen LogP contribution in [0.4, 0.5) is 0 Å². The Balaban J connectivity index is 1.88. The van der Waals surface area contributed by atoms with Crippen LogP contribution in [0, 0.1) is 6.92 Å². The fourth-order valence-electron chi connectivity index (χ4n) is 2.38. The number of H-pyrrole nitrogens is 1. The lowest BCUT2D eigenvalue weighted by Gasteiger charge is -2.17. The fourth-order valence-corrected chi connectivity index (χ4v) is 2.38. The van der Waals surface area contributed by atoms with Crippen LogP contribution in [-0.4, -0.2) is 22.8 Å². The lowest BCUT2D eigenvalue weighted by molar-refractivity contribution is 0.0786. The summed E-state index contributed by atoms with van der Waals surface area (Å²) in [6.07, 6.45) is 3.50. The number of nitrogens with one attached hydrogen (secondary N) is 1. The minimum absolute atomic E-state index is 0.0100. The molecule has 3 aromatic rings. The van der Waals surface area contributed by atoms with Crippen LogP contribution < -0.4 is 0 Å². The molecule has 0 atom stereocenters. The maximum absolute atomic E-state index is 12.6. The standard InChI is InChI=1S/C16H16N2O2/c1-11-12(7-9-20-11)10-18(2)16(19)14-4-3-5-15-13(14)6-8-17-15/h3-9,17H,10H2,1-2H3. The van der Waals surface area contributed by atoms with Crippen molar-refractivity contribution < 1.29 is 9.21 Å². The first kappa shape index (κ1) is 12.5. The molecule has 2 heterocycles. The second-order valence-electron chi connectivity index (χ2n) is 4.91. The summed E-state index contributed by atoms with van der Waals surface area (Å²) in [6, 6.07) is 9.54. The lowest BCUT2D eigenvalue weighted by Crippen LogP contribution is -2.26. The number of aromatic amines is 1. The number of carbonyl (C=O) groups excluding carboxylic acids is 1. The molecular formula is C16H16N2O2. The minimum Gasteiger partial charge on any atom is -0.469 e. The molecule has 1 N–H and O–H groups in total. The van der Waals surface area contributed by atoms with Crippen molar-refractivity contribution in [1.29, 1.82) is 0 Å². The van der Waals surface area contributed by atoms with Crippen LogP contribution in [0.1, 0.15) is 21.7 Å². The molecule has 0 aliphatic heterocycles. The summed E-state index contributed by atoms with van der Waals surface area (Å²) in [5.74, 6) is 0.861. The molecule has 20 heavy (non-hydrogen) atoms. The molecule has 0 unspecified atom stereocenters. The Kier molecular flexibility index (Phi) is 3.06. The molecule has 0 radical (unpaired) electrons. The molecule has 0 aliphatic carbocycles. The average Bonchev–Trinajstić information content (AvgIpc) is 3.07. The van der Waals surface area contributed by atoms with E-state index in [0.717, 1.165) is 22.2 Å². The molecule has 3 rings (SSSR count). The van der Waals surface area contributed by atoms with Gasteiger partial charge in [0.05, 0.1) is 6.26 Å². The van der Waals surface area contributed by atoms with E-state index in [9.17, 15) is 4.79 Å². The van der Waals surface area contributed by atoms with Gasteiger partial charge in [0.2, 0.25) is 0 Å². The summed E-state index contributed by atoms with van der Waals surface area (Å²) in [6.45, 7) is 2.45. The average molecular weight is 268 g/mol. The number of rotatable bonds is 3. The van der Waals surface area contributed by atoms with Crippen LogP contribution in [0.25, 0.3) is 10.9 Å². The van der Waals surface area contributed by atoms with Gasteiger partial charge in [-0.3, -0.25) is 4.79 Å². The summed E-state index contributed by atoms with van der Waals surface area (Å²) in [7, 11) is 1.81.